The second-order valence-corrected chi connectivity index (χ2v) is 3.11. The third-order valence-electron chi connectivity index (χ3n) is 1.64. The summed E-state index contributed by atoms with van der Waals surface area (Å²) in [7, 11) is 0. The van der Waals surface area contributed by atoms with E-state index in [1.165, 1.54) is 0 Å². The third-order valence-corrected chi connectivity index (χ3v) is 1.64. The molecule has 1 aromatic rings. The number of benzene rings is 1. The Morgan fingerprint density at radius 1 is 0.833 bits per heavy atom. The lowest BCUT2D eigenvalue weighted by atomic mass is 10.2. The maximum Gasteiger partial charge on any atom is 0.573 e. The molecule has 0 heterocycles. The molecule has 0 aromatic heterocycles. The summed E-state index contributed by atoms with van der Waals surface area (Å²) in [6.45, 7) is -0.261. The number of halogens is 6. The Bertz CT molecular complexity index is 380. The summed E-state index contributed by atoms with van der Waals surface area (Å²) in [6.07, 6.45) is -10.0. The number of alkyl halides is 6. The molecule has 9 heteroatoms. The molecule has 3 nitrogen and oxygen atoms in total. The van der Waals surface area contributed by atoms with Crippen molar-refractivity contribution >= 4 is 0 Å². The van der Waals surface area contributed by atoms with E-state index in [-0.39, 0.29) is 12.1 Å². The molecular formula is C9H7F6NO2. The maximum atomic E-state index is 11.9. The normalized spacial score (nSPS) is 12.4. The maximum absolute atomic E-state index is 11.9. The molecular weight excluding hydrogens is 268 g/mol. The Kier molecular flexibility index (Phi) is 3.95. The van der Waals surface area contributed by atoms with Gasteiger partial charge in [-0.1, -0.05) is 0 Å². The van der Waals surface area contributed by atoms with Gasteiger partial charge in [0.15, 0.2) is 0 Å². The minimum atomic E-state index is -5.01. The summed E-state index contributed by atoms with van der Waals surface area (Å²) in [5, 5.41) is 0. The monoisotopic (exact) mass is 275 g/mol. The molecule has 0 radical (unpaired) electrons. The molecule has 1 aromatic carbocycles. The zero-order valence-corrected chi connectivity index (χ0v) is 8.60. The number of nitrogens with two attached hydrogens (primary N) is 1. The van der Waals surface area contributed by atoms with Crippen LogP contribution in [-0.4, -0.2) is 12.7 Å². The van der Waals surface area contributed by atoms with E-state index >= 15 is 0 Å². The molecule has 0 saturated carbocycles. The molecule has 0 aliphatic carbocycles. The van der Waals surface area contributed by atoms with Gasteiger partial charge in [0.2, 0.25) is 0 Å². The summed E-state index contributed by atoms with van der Waals surface area (Å²) >= 11 is 0. The van der Waals surface area contributed by atoms with Gasteiger partial charge in [0.1, 0.15) is 11.5 Å². The van der Waals surface area contributed by atoms with Gasteiger partial charge in [0.05, 0.1) is 0 Å². The molecule has 2 N–H and O–H groups in total. The van der Waals surface area contributed by atoms with E-state index in [2.05, 4.69) is 9.47 Å². The lowest BCUT2D eigenvalue weighted by Gasteiger charge is -2.13. The van der Waals surface area contributed by atoms with Crippen molar-refractivity contribution in [2.45, 2.75) is 19.3 Å². The topological polar surface area (TPSA) is 44.5 Å². The van der Waals surface area contributed by atoms with Gasteiger partial charge in [0, 0.05) is 12.6 Å². The molecule has 0 aliphatic heterocycles. The molecule has 0 spiro atoms. The number of hydrogen-bond acceptors (Lipinski definition) is 3. The first-order chi connectivity index (χ1) is 8.09. The molecule has 18 heavy (non-hydrogen) atoms. The second kappa shape index (κ2) is 4.92. The van der Waals surface area contributed by atoms with Crippen LogP contribution in [0.5, 0.6) is 11.5 Å². The molecule has 0 unspecified atom stereocenters. The molecule has 0 atom stereocenters. The first kappa shape index (κ1) is 14.4. The highest BCUT2D eigenvalue weighted by Crippen LogP contribution is 2.31. The van der Waals surface area contributed by atoms with Gasteiger partial charge in [0.25, 0.3) is 0 Å². The average molecular weight is 275 g/mol. The van der Waals surface area contributed by atoms with Crippen molar-refractivity contribution in [1.82, 2.24) is 0 Å². The Hall–Kier alpha value is -1.64. The van der Waals surface area contributed by atoms with Crippen molar-refractivity contribution in [2.24, 2.45) is 5.73 Å². The van der Waals surface area contributed by atoms with E-state index in [4.69, 9.17) is 5.73 Å². The van der Waals surface area contributed by atoms with Gasteiger partial charge in [-0.2, -0.15) is 0 Å². The van der Waals surface area contributed by atoms with E-state index in [0.717, 1.165) is 12.1 Å². The van der Waals surface area contributed by atoms with Gasteiger partial charge in [-0.25, -0.2) is 0 Å². The van der Waals surface area contributed by atoms with Crippen LogP contribution in [0.1, 0.15) is 5.56 Å². The van der Waals surface area contributed by atoms with E-state index in [1.807, 2.05) is 0 Å². The van der Waals surface area contributed by atoms with Crippen LogP contribution < -0.4 is 15.2 Å². The van der Waals surface area contributed by atoms with Gasteiger partial charge in [-0.15, -0.1) is 26.3 Å². The average Bonchev–Trinajstić information content (AvgIpc) is 2.11. The van der Waals surface area contributed by atoms with Crippen LogP contribution in [0.4, 0.5) is 26.3 Å². The lowest BCUT2D eigenvalue weighted by molar-refractivity contribution is -0.276. The van der Waals surface area contributed by atoms with Gasteiger partial charge >= 0.3 is 12.7 Å². The fourth-order valence-corrected chi connectivity index (χ4v) is 1.13. The highest BCUT2D eigenvalue weighted by molar-refractivity contribution is 5.38. The van der Waals surface area contributed by atoms with Crippen molar-refractivity contribution in [1.29, 1.82) is 0 Å². The van der Waals surface area contributed by atoms with Crippen LogP contribution >= 0.6 is 0 Å². The Morgan fingerprint density at radius 3 is 1.50 bits per heavy atom. The number of hydrogen-bond donors (Lipinski definition) is 1. The van der Waals surface area contributed by atoms with Gasteiger partial charge < -0.3 is 15.2 Å². The van der Waals surface area contributed by atoms with Crippen LogP contribution in [0.15, 0.2) is 18.2 Å². The fraction of sp³-hybridized carbons (Fsp3) is 0.333. The van der Waals surface area contributed by atoms with Crippen LogP contribution in [0.3, 0.4) is 0 Å². The quantitative estimate of drug-likeness (QED) is 0.862. The fourth-order valence-electron chi connectivity index (χ4n) is 1.13. The first-order valence-electron chi connectivity index (χ1n) is 4.44. The van der Waals surface area contributed by atoms with Gasteiger partial charge in [-0.3, -0.25) is 0 Å². The van der Waals surface area contributed by atoms with E-state index < -0.39 is 24.2 Å². The summed E-state index contributed by atoms with van der Waals surface area (Å²) in [5.74, 6) is -1.66. The van der Waals surface area contributed by atoms with Crippen LogP contribution in [-0.2, 0) is 6.54 Å². The van der Waals surface area contributed by atoms with E-state index in [0.29, 0.717) is 6.07 Å². The largest absolute Gasteiger partial charge is 0.573 e. The standard InChI is InChI=1S/C9H7F6NO2/c10-8(11,12)17-6-1-5(4-16)2-7(3-6)18-9(13,14)15/h1-3H,4,16H2. The Balaban J connectivity index is 3.02. The predicted octanol–water partition coefficient (Wildman–Crippen LogP) is 2.94. The number of rotatable bonds is 3. The highest BCUT2D eigenvalue weighted by Gasteiger charge is 2.33. The van der Waals surface area contributed by atoms with Crippen molar-refractivity contribution in [3.05, 3.63) is 23.8 Å². The summed E-state index contributed by atoms with van der Waals surface area (Å²) < 4.78 is 78.6. The van der Waals surface area contributed by atoms with Crippen molar-refractivity contribution in [2.75, 3.05) is 0 Å². The van der Waals surface area contributed by atoms with Crippen molar-refractivity contribution < 1.29 is 35.8 Å². The van der Waals surface area contributed by atoms with E-state index in [1.54, 1.807) is 0 Å². The molecule has 102 valence electrons. The van der Waals surface area contributed by atoms with Crippen molar-refractivity contribution in [3.8, 4) is 11.5 Å². The van der Waals surface area contributed by atoms with Gasteiger partial charge in [-0.05, 0) is 17.7 Å². The summed E-state index contributed by atoms with van der Waals surface area (Å²) in [5.41, 5.74) is 5.15. The molecule has 0 saturated heterocycles. The molecule has 0 aliphatic rings. The first-order valence-corrected chi connectivity index (χ1v) is 4.44. The molecule has 0 amide bonds. The van der Waals surface area contributed by atoms with Crippen LogP contribution in [0.25, 0.3) is 0 Å². The minimum absolute atomic E-state index is 0.0102. The molecule has 1 rings (SSSR count). The third kappa shape index (κ3) is 5.13. The lowest BCUT2D eigenvalue weighted by Crippen LogP contribution is -2.19. The summed E-state index contributed by atoms with van der Waals surface area (Å²) in [4.78, 5) is 0. The Morgan fingerprint density at radius 2 is 1.22 bits per heavy atom. The smallest absolute Gasteiger partial charge is 0.406 e. The Labute approximate surface area is 97.1 Å². The minimum Gasteiger partial charge on any atom is -0.406 e. The summed E-state index contributed by atoms with van der Waals surface area (Å²) in [6, 6.07) is 2.22. The zero-order chi connectivity index (χ0) is 14.0. The van der Waals surface area contributed by atoms with E-state index in [9.17, 15) is 26.3 Å². The zero-order valence-electron chi connectivity index (χ0n) is 8.60. The van der Waals surface area contributed by atoms with Crippen molar-refractivity contribution in [3.63, 3.8) is 0 Å². The molecule has 0 bridgehead atoms. The van der Waals surface area contributed by atoms with Crippen LogP contribution in [0.2, 0.25) is 0 Å². The number of ether oxygens (including phenoxy) is 2. The second-order valence-electron chi connectivity index (χ2n) is 3.11. The van der Waals surface area contributed by atoms with Crippen LogP contribution in [0, 0.1) is 0 Å². The SMILES string of the molecule is NCc1cc(OC(F)(F)F)cc(OC(F)(F)F)c1. The predicted molar refractivity (Wildman–Crippen MR) is 47.7 cm³/mol. The molecule has 0 fully saturated rings. The highest BCUT2D eigenvalue weighted by atomic mass is 19.4.